The Balaban J connectivity index is 1.50. The average molecular weight is 453 g/mol. The van der Waals surface area contributed by atoms with Crippen molar-refractivity contribution in [2.24, 2.45) is 4.99 Å². The zero-order valence-electron chi connectivity index (χ0n) is 17.9. The van der Waals surface area contributed by atoms with Gasteiger partial charge in [0, 0.05) is 23.5 Å². The van der Waals surface area contributed by atoms with Crippen molar-refractivity contribution in [2.45, 2.75) is 25.9 Å². The van der Waals surface area contributed by atoms with Crippen LogP contribution in [-0.4, -0.2) is 30.3 Å². The van der Waals surface area contributed by atoms with Gasteiger partial charge >= 0.3 is 7.60 Å². The number of aliphatic imine (C=N–C) groups is 1. The van der Waals surface area contributed by atoms with E-state index in [9.17, 15) is 9.36 Å². The number of carbonyl (C=O) groups is 1. The zero-order chi connectivity index (χ0) is 22.6. The Morgan fingerprint density at radius 3 is 2.59 bits per heavy atom. The smallest absolute Gasteiger partial charge is 0.335 e. The van der Waals surface area contributed by atoms with E-state index in [2.05, 4.69) is 15.3 Å². The van der Waals surface area contributed by atoms with Gasteiger partial charge in [-0.25, -0.2) is 4.98 Å². The Bertz CT molecular complexity index is 1150. The molecule has 8 nitrogen and oxygen atoms in total. The molecule has 0 bridgehead atoms. The largest absolute Gasteiger partial charge is 0.464 e. The highest BCUT2D eigenvalue weighted by Crippen LogP contribution is 2.51. The Kier molecular flexibility index (Phi) is 6.65. The monoisotopic (exact) mass is 453 g/mol. The molecule has 0 saturated heterocycles. The number of pyridine rings is 1. The fourth-order valence-electron chi connectivity index (χ4n) is 3.48. The maximum atomic E-state index is 12.7. The number of benzene rings is 1. The highest BCUT2D eigenvalue weighted by molar-refractivity contribution is 7.53. The van der Waals surface area contributed by atoms with Gasteiger partial charge in [-0.1, -0.05) is 12.1 Å². The maximum absolute atomic E-state index is 12.7. The third-order valence-corrected chi connectivity index (χ3v) is 6.97. The van der Waals surface area contributed by atoms with Gasteiger partial charge in [-0.05, 0) is 49.7 Å². The van der Waals surface area contributed by atoms with Crippen LogP contribution in [0.25, 0.3) is 11.3 Å². The quantitative estimate of drug-likeness (QED) is 0.337. The van der Waals surface area contributed by atoms with E-state index < -0.39 is 13.5 Å². The molecule has 0 spiro atoms. The summed E-state index contributed by atoms with van der Waals surface area (Å²) in [6.07, 6.45) is 5.06. The molecule has 1 aliphatic rings. The summed E-state index contributed by atoms with van der Waals surface area (Å²) >= 11 is 0. The predicted octanol–water partition coefficient (Wildman–Crippen LogP) is 5.55. The summed E-state index contributed by atoms with van der Waals surface area (Å²) in [6, 6.07) is 12.8. The van der Waals surface area contributed by atoms with Crippen LogP contribution in [0.4, 0.5) is 11.5 Å². The standard InChI is InChI=1S/C23H24N3O5P/c1-3-30-32(28,31-4-2)15-16-7-9-18(10-8-16)24-14-20-19-12-17(21-6-5-11-29-21)13-25-22(19)26-23(20)27/h5-14,20H,3-4,15H2,1-2H3,(H,25,26,27). The van der Waals surface area contributed by atoms with Crippen LogP contribution < -0.4 is 5.32 Å². The minimum absolute atomic E-state index is 0.182. The van der Waals surface area contributed by atoms with Crippen molar-refractivity contribution in [1.29, 1.82) is 0 Å². The molecule has 1 amide bonds. The lowest BCUT2D eigenvalue weighted by atomic mass is 10.0. The van der Waals surface area contributed by atoms with Gasteiger partial charge in [0.25, 0.3) is 0 Å². The number of amides is 1. The molecule has 32 heavy (non-hydrogen) atoms. The Morgan fingerprint density at radius 1 is 1.19 bits per heavy atom. The molecule has 4 rings (SSSR count). The van der Waals surface area contributed by atoms with Gasteiger partial charge in [0.2, 0.25) is 5.91 Å². The first-order valence-electron chi connectivity index (χ1n) is 10.4. The van der Waals surface area contributed by atoms with E-state index in [4.69, 9.17) is 13.5 Å². The second-order valence-corrected chi connectivity index (χ2v) is 9.21. The number of furan rings is 1. The molecular weight excluding hydrogens is 429 g/mol. The molecule has 2 aromatic heterocycles. The molecule has 166 valence electrons. The van der Waals surface area contributed by atoms with Crippen molar-refractivity contribution in [1.82, 2.24) is 4.98 Å². The summed E-state index contributed by atoms with van der Waals surface area (Å²) < 4.78 is 28.8. The van der Waals surface area contributed by atoms with Crippen LogP contribution in [0, 0.1) is 0 Å². The molecule has 1 atom stereocenters. The summed E-state index contributed by atoms with van der Waals surface area (Å²) in [5, 5.41) is 2.78. The molecule has 0 aliphatic carbocycles. The van der Waals surface area contributed by atoms with Crippen LogP contribution >= 0.6 is 7.60 Å². The van der Waals surface area contributed by atoms with Gasteiger partial charge in [-0.3, -0.25) is 14.4 Å². The minimum Gasteiger partial charge on any atom is -0.464 e. The van der Waals surface area contributed by atoms with Crippen molar-refractivity contribution in [3.63, 3.8) is 0 Å². The van der Waals surface area contributed by atoms with Gasteiger partial charge in [-0.15, -0.1) is 0 Å². The maximum Gasteiger partial charge on any atom is 0.335 e. The number of hydrogen-bond donors (Lipinski definition) is 1. The number of nitrogens with zero attached hydrogens (tertiary/aromatic N) is 2. The highest BCUT2D eigenvalue weighted by Gasteiger charge is 2.31. The van der Waals surface area contributed by atoms with Crippen molar-refractivity contribution < 1.29 is 22.8 Å². The van der Waals surface area contributed by atoms with E-state index in [1.807, 2.05) is 24.3 Å². The highest BCUT2D eigenvalue weighted by atomic mass is 31.2. The lowest BCUT2D eigenvalue weighted by molar-refractivity contribution is -0.115. The average Bonchev–Trinajstić information content (AvgIpc) is 3.41. The Morgan fingerprint density at radius 2 is 1.94 bits per heavy atom. The molecule has 0 saturated carbocycles. The second-order valence-electron chi connectivity index (χ2n) is 7.16. The number of nitrogens with one attached hydrogen (secondary N) is 1. The predicted molar refractivity (Wildman–Crippen MR) is 122 cm³/mol. The van der Waals surface area contributed by atoms with E-state index >= 15 is 0 Å². The third kappa shape index (κ3) is 4.88. The van der Waals surface area contributed by atoms with Gasteiger partial charge in [-0.2, -0.15) is 0 Å². The van der Waals surface area contributed by atoms with Gasteiger partial charge < -0.3 is 18.8 Å². The number of fused-ring (bicyclic) bond motifs is 1. The molecule has 0 radical (unpaired) electrons. The number of anilines is 1. The van der Waals surface area contributed by atoms with Crippen LogP contribution in [0.5, 0.6) is 0 Å². The van der Waals surface area contributed by atoms with E-state index in [1.165, 1.54) is 0 Å². The molecule has 1 N–H and O–H groups in total. The lowest BCUT2D eigenvalue weighted by Crippen LogP contribution is -2.12. The number of rotatable bonds is 9. The topological polar surface area (TPSA) is 103 Å². The normalized spacial score (nSPS) is 15.8. The van der Waals surface area contributed by atoms with Crippen molar-refractivity contribution in [3.05, 3.63) is 66.1 Å². The van der Waals surface area contributed by atoms with Crippen molar-refractivity contribution >= 4 is 31.2 Å². The van der Waals surface area contributed by atoms with Gasteiger partial charge in [0.1, 0.15) is 17.5 Å². The first-order chi connectivity index (χ1) is 15.5. The van der Waals surface area contributed by atoms with Gasteiger partial charge in [0.05, 0.1) is 31.3 Å². The van der Waals surface area contributed by atoms with Crippen LogP contribution in [0.3, 0.4) is 0 Å². The summed E-state index contributed by atoms with van der Waals surface area (Å²) in [5.41, 5.74) is 3.04. The zero-order valence-corrected chi connectivity index (χ0v) is 18.7. The fraction of sp³-hybridized carbons (Fsp3) is 0.261. The third-order valence-electron chi connectivity index (χ3n) is 4.92. The molecule has 9 heteroatoms. The Labute approximate surface area is 186 Å². The number of hydrogen-bond acceptors (Lipinski definition) is 7. The van der Waals surface area contributed by atoms with Crippen molar-refractivity contribution in [3.8, 4) is 11.3 Å². The summed E-state index contributed by atoms with van der Waals surface area (Å²) in [7, 11) is -3.17. The van der Waals surface area contributed by atoms with Crippen LogP contribution in [0.15, 0.2) is 64.3 Å². The molecule has 1 aromatic carbocycles. The van der Waals surface area contributed by atoms with Crippen LogP contribution in [0.2, 0.25) is 0 Å². The Hall–Kier alpha value is -3.06. The van der Waals surface area contributed by atoms with Crippen molar-refractivity contribution in [2.75, 3.05) is 18.5 Å². The fourth-order valence-corrected chi connectivity index (χ4v) is 5.18. The summed E-state index contributed by atoms with van der Waals surface area (Å²) in [6.45, 7) is 4.21. The first-order valence-corrected chi connectivity index (χ1v) is 12.1. The molecule has 1 aliphatic heterocycles. The molecule has 3 aromatic rings. The van der Waals surface area contributed by atoms with E-state index in [0.29, 0.717) is 30.5 Å². The molecule has 0 fully saturated rings. The first kappa shape index (κ1) is 22.1. The molecule has 1 unspecified atom stereocenters. The second kappa shape index (κ2) is 9.61. The van der Waals surface area contributed by atoms with E-state index in [1.54, 1.807) is 50.7 Å². The summed E-state index contributed by atoms with van der Waals surface area (Å²) in [4.78, 5) is 21.3. The number of carbonyl (C=O) groups excluding carboxylic acids is 1. The molecule has 3 heterocycles. The molecular formula is C23H24N3O5P. The van der Waals surface area contributed by atoms with E-state index in [-0.39, 0.29) is 12.1 Å². The van der Waals surface area contributed by atoms with Crippen LogP contribution in [-0.2, 0) is 24.6 Å². The van der Waals surface area contributed by atoms with E-state index in [0.717, 1.165) is 16.7 Å². The van der Waals surface area contributed by atoms with Gasteiger partial charge in [0.15, 0.2) is 0 Å². The SMILES string of the molecule is CCOP(=O)(Cc1ccc(N=CC2C(=O)Nc3ncc(-c4ccco4)cc32)cc1)OCC. The minimum atomic E-state index is -3.17. The van der Waals surface area contributed by atoms with Crippen LogP contribution in [0.1, 0.15) is 30.9 Å². The lowest BCUT2D eigenvalue weighted by Gasteiger charge is -2.16. The summed E-state index contributed by atoms with van der Waals surface area (Å²) in [5.74, 6) is 0.476. The number of aromatic nitrogens is 1.